The molecular formula is C28H23N5O4. The zero-order chi connectivity index (χ0) is 25.6. The predicted octanol–water partition coefficient (Wildman–Crippen LogP) is 4.15. The van der Waals surface area contributed by atoms with Crippen LogP contribution in [0.4, 0.5) is 4.79 Å². The molecule has 3 amide bonds. The fourth-order valence-corrected chi connectivity index (χ4v) is 4.83. The van der Waals surface area contributed by atoms with E-state index in [0.29, 0.717) is 16.7 Å². The van der Waals surface area contributed by atoms with Crippen molar-refractivity contribution >= 4 is 22.7 Å². The van der Waals surface area contributed by atoms with Crippen LogP contribution >= 0.6 is 0 Å². The van der Waals surface area contributed by atoms with E-state index in [1.165, 1.54) is 0 Å². The minimum atomic E-state index is -1.39. The minimum Gasteiger partial charge on any atom is -0.497 e. The lowest BCUT2D eigenvalue weighted by Crippen LogP contribution is -2.47. The zero-order valence-electron chi connectivity index (χ0n) is 19.9. The maximum Gasteiger partial charge on any atom is 0.322 e. The van der Waals surface area contributed by atoms with Gasteiger partial charge in [-0.3, -0.25) is 15.2 Å². The van der Waals surface area contributed by atoms with Crippen LogP contribution in [-0.4, -0.2) is 38.9 Å². The number of nitrogens with one attached hydrogen (secondary N) is 3. The molecule has 0 bridgehead atoms. The summed E-state index contributed by atoms with van der Waals surface area (Å²) in [7, 11) is 1.56. The highest BCUT2D eigenvalue weighted by molar-refractivity contribution is 6.07. The van der Waals surface area contributed by atoms with Gasteiger partial charge in [-0.25, -0.2) is 4.79 Å². The van der Waals surface area contributed by atoms with Crippen molar-refractivity contribution in [1.29, 1.82) is 0 Å². The Balaban J connectivity index is 1.34. The number of methoxy groups -OCH3 is 1. The second-order valence-corrected chi connectivity index (χ2v) is 8.97. The number of aromatic amines is 1. The van der Waals surface area contributed by atoms with Crippen molar-refractivity contribution in [3.8, 4) is 34.0 Å². The monoisotopic (exact) mass is 493 g/mol. The Kier molecular flexibility index (Phi) is 5.19. The summed E-state index contributed by atoms with van der Waals surface area (Å²) in [5.74, 6) is 0.107. The lowest BCUT2D eigenvalue weighted by Gasteiger charge is -2.27. The van der Waals surface area contributed by atoms with E-state index in [1.54, 1.807) is 36.2 Å². The average molecular weight is 494 g/mol. The molecule has 4 N–H and O–H groups in total. The number of fused-ring (bicyclic) bond motifs is 1. The number of urea groups is 1. The van der Waals surface area contributed by atoms with Crippen molar-refractivity contribution in [3.63, 3.8) is 0 Å². The van der Waals surface area contributed by atoms with Crippen molar-refractivity contribution in [2.75, 3.05) is 7.11 Å². The quantitative estimate of drug-likeness (QED) is 0.265. The average Bonchev–Trinajstić information content (AvgIpc) is 3.63. The van der Waals surface area contributed by atoms with E-state index in [9.17, 15) is 14.7 Å². The van der Waals surface area contributed by atoms with Crippen LogP contribution in [0, 0.1) is 0 Å². The summed E-state index contributed by atoms with van der Waals surface area (Å²) >= 11 is 0. The zero-order valence-corrected chi connectivity index (χ0v) is 19.9. The molecule has 1 aliphatic rings. The van der Waals surface area contributed by atoms with Crippen LogP contribution in [0.15, 0.2) is 85.2 Å². The molecule has 0 spiro atoms. The Morgan fingerprint density at radius 1 is 0.946 bits per heavy atom. The van der Waals surface area contributed by atoms with Gasteiger partial charge in [-0.2, -0.15) is 5.10 Å². The van der Waals surface area contributed by atoms with E-state index < -0.39 is 17.5 Å². The number of H-pyrrole nitrogens is 1. The van der Waals surface area contributed by atoms with E-state index in [1.807, 2.05) is 60.7 Å². The van der Waals surface area contributed by atoms with Gasteiger partial charge in [0, 0.05) is 23.2 Å². The third-order valence-electron chi connectivity index (χ3n) is 6.83. The second kappa shape index (κ2) is 8.56. The van der Waals surface area contributed by atoms with Crippen molar-refractivity contribution in [2.45, 2.75) is 12.1 Å². The normalized spacial score (nSPS) is 17.1. The lowest BCUT2D eigenvalue weighted by molar-refractivity contribution is -0.124. The number of hydrogen-bond acceptors (Lipinski definition) is 5. The number of ether oxygens (including phenoxy) is 1. The molecule has 2 aromatic heterocycles. The summed E-state index contributed by atoms with van der Waals surface area (Å²) in [4.78, 5) is 25.4. The largest absolute Gasteiger partial charge is 0.497 e. The molecule has 0 saturated carbocycles. The SMILES string of the molecule is COc1ccc2cn(C[C@@]3(c4ccc(-c5ccc(-c6ccn[nH]6)cc5)cc4)NC(=O)NC3=O)c(O)c2c1. The van der Waals surface area contributed by atoms with Gasteiger partial charge in [-0.05, 0) is 46.5 Å². The van der Waals surface area contributed by atoms with Crippen LogP contribution in [0.2, 0.25) is 0 Å². The molecular weight excluding hydrogens is 470 g/mol. The predicted molar refractivity (Wildman–Crippen MR) is 138 cm³/mol. The van der Waals surface area contributed by atoms with Crippen molar-refractivity contribution in [3.05, 3.63) is 90.8 Å². The molecule has 0 aliphatic carbocycles. The van der Waals surface area contributed by atoms with Gasteiger partial charge in [0.25, 0.3) is 5.91 Å². The van der Waals surface area contributed by atoms with Gasteiger partial charge >= 0.3 is 6.03 Å². The summed E-state index contributed by atoms with van der Waals surface area (Å²) in [6.07, 6.45) is 3.46. The van der Waals surface area contributed by atoms with Gasteiger partial charge in [0.05, 0.1) is 19.3 Å². The molecule has 0 radical (unpaired) electrons. The molecule has 9 nitrogen and oxygen atoms in total. The number of aromatic hydroxyl groups is 1. The number of nitrogens with zero attached hydrogens (tertiary/aromatic N) is 2. The molecule has 5 aromatic rings. The standard InChI is InChI=1S/C28H23N5O4/c1-37-22-11-8-20-15-33(25(34)23(20)14-22)16-28(26(35)30-27(36)31-28)21-9-6-18(7-10-21)17-2-4-19(5-3-17)24-12-13-29-32-24/h2-15,34H,16H2,1H3,(H,29,32)(H2,30,31,35,36)/t28-/m0/s1. The number of carbonyl (C=O) groups excluding carboxylic acids is 2. The molecule has 1 saturated heterocycles. The smallest absolute Gasteiger partial charge is 0.322 e. The maximum absolute atomic E-state index is 13.1. The number of aromatic nitrogens is 3. The molecule has 1 aliphatic heterocycles. The lowest BCUT2D eigenvalue weighted by atomic mass is 9.88. The van der Waals surface area contributed by atoms with Crippen molar-refractivity contribution in [1.82, 2.24) is 25.4 Å². The topological polar surface area (TPSA) is 121 Å². The Morgan fingerprint density at radius 3 is 2.27 bits per heavy atom. The van der Waals surface area contributed by atoms with Crippen molar-refractivity contribution in [2.24, 2.45) is 0 Å². The molecule has 1 fully saturated rings. The molecule has 184 valence electrons. The summed E-state index contributed by atoms with van der Waals surface area (Å²) < 4.78 is 6.83. The molecule has 37 heavy (non-hydrogen) atoms. The first-order valence-corrected chi connectivity index (χ1v) is 11.7. The summed E-state index contributed by atoms with van der Waals surface area (Å²) in [5, 5.41) is 24.4. The van der Waals surface area contributed by atoms with Crippen LogP contribution in [-0.2, 0) is 16.9 Å². The van der Waals surface area contributed by atoms with E-state index in [4.69, 9.17) is 4.74 Å². The second-order valence-electron chi connectivity index (χ2n) is 8.97. The van der Waals surface area contributed by atoms with E-state index in [2.05, 4.69) is 20.8 Å². The van der Waals surface area contributed by atoms with Crippen LogP contribution in [0.3, 0.4) is 0 Å². The summed E-state index contributed by atoms with van der Waals surface area (Å²) in [5.41, 5.74) is 3.14. The van der Waals surface area contributed by atoms with Crippen molar-refractivity contribution < 1.29 is 19.4 Å². The number of rotatable bonds is 6. The number of imide groups is 1. The Labute approximate surface area is 211 Å². The van der Waals surface area contributed by atoms with Gasteiger partial charge in [-0.1, -0.05) is 48.5 Å². The third-order valence-corrected chi connectivity index (χ3v) is 6.83. The van der Waals surface area contributed by atoms with Gasteiger partial charge in [-0.15, -0.1) is 0 Å². The minimum absolute atomic E-state index is 0.00558. The molecule has 6 rings (SSSR count). The van der Waals surface area contributed by atoms with Crippen LogP contribution in [0.1, 0.15) is 5.56 Å². The van der Waals surface area contributed by atoms with E-state index in [0.717, 1.165) is 27.8 Å². The molecule has 3 heterocycles. The summed E-state index contributed by atoms with van der Waals surface area (Å²) in [6.45, 7) is 0.00558. The van der Waals surface area contributed by atoms with E-state index >= 15 is 0 Å². The third kappa shape index (κ3) is 3.77. The highest BCUT2D eigenvalue weighted by atomic mass is 16.5. The van der Waals surface area contributed by atoms with Gasteiger partial charge in [0.1, 0.15) is 5.75 Å². The molecule has 3 aromatic carbocycles. The Bertz CT molecular complexity index is 1620. The van der Waals surface area contributed by atoms with Gasteiger partial charge < -0.3 is 19.7 Å². The Hall–Kier alpha value is -5.05. The van der Waals surface area contributed by atoms with Gasteiger partial charge in [0.15, 0.2) is 11.4 Å². The highest BCUT2D eigenvalue weighted by Gasteiger charge is 2.48. The number of hydrogen-bond donors (Lipinski definition) is 4. The first-order chi connectivity index (χ1) is 18.0. The highest BCUT2D eigenvalue weighted by Crippen LogP contribution is 2.35. The fraction of sp³-hybridized carbons (Fsp3) is 0.107. The van der Waals surface area contributed by atoms with Crippen LogP contribution < -0.4 is 15.4 Å². The van der Waals surface area contributed by atoms with E-state index in [-0.39, 0.29) is 12.4 Å². The molecule has 0 unspecified atom stereocenters. The number of carbonyl (C=O) groups is 2. The van der Waals surface area contributed by atoms with Crippen LogP contribution in [0.5, 0.6) is 11.6 Å². The Morgan fingerprint density at radius 2 is 1.65 bits per heavy atom. The summed E-state index contributed by atoms with van der Waals surface area (Å²) in [6, 6.07) is 22.2. The van der Waals surface area contributed by atoms with Gasteiger partial charge in [0.2, 0.25) is 0 Å². The molecule has 9 heteroatoms. The fourth-order valence-electron chi connectivity index (χ4n) is 4.83. The number of benzene rings is 3. The number of amides is 3. The van der Waals surface area contributed by atoms with Crippen LogP contribution in [0.25, 0.3) is 33.2 Å². The maximum atomic E-state index is 13.1. The molecule has 1 atom stereocenters. The first kappa shape index (κ1) is 22.4. The first-order valence-electron chi connectivity index (χ1n) is 11.7.